The Kier molecular flexibility index (Phi) is 6.51. The van der Waals surface area contributed by atoms with E-state index in [1.807, 2.05) is 74.5 Å². The highest BCUT2D eigenvalue weighted by molar-refractivity contribution is 6.09. The van der Waals surface area contributed by atoms with Crippen LogP contribution in [-0.4, -0.2) is 20.0 Å². The second kappa shape index (κ2) is 9.52. The molecule has 0 N–H and O–H groups in total. The molecule has 0 saturated carbocycles. The maximum Gasteiger partial charge on any atom is 0.182 e. The normalized spacial score (nSPS) is 11.2. The van der Waals surface area contributed by atoms with Crippen molar-refractivity contribution >= 4 is 5.78 Å². The first-order valence-corrected chi connectivity index (χ1v) is 11.1. The Morgan fingerprint density at radius 2 is 1.24 bits per heavy atom. The van der Waals surface area contributed by atoms with E-state index in [0.29, 0.717) is 22.6 Å². The first-order valence-electron chi connectivity index (χ1n) is 11.1. The fourth-order valence-electron chi connectivity index (χ4n) is 4.40. The summed E-state index contributed by atoms with van der Waals surface area (Å²) in [5.74, 6) is 0.575. The van der Waals surface area contributed by atoms with Crippen molar-refractivity contribution in [1.29, 1.82) is 0 Å². The standard InChI is InChI=1S/C30H27FO3/c1-20-5-11-23(12-6-20)30(24-13-7-21(2)8-14-24,29(32)22-9-15-25(31)16-10-22)27-18-17-26(33-3)19-28(27)34-4/h5-19H,1-4H3. The Bertz CT molecular complexity index is 1250. The van der Waals surface area contributed by atoms with Gasteiger partial charge in [-0.2, -0.15) is 0 Å². The van der Waals surface area contributed by atoms with Crippen LogP contribution in [0.3, 0.4) is 0 Å². The molecule has 4 rings (SSSR count). The number of methoxy groups -OCH3 is 2. The van der Waals surface area contributed by atoms with Crippen molar-refractivity contribution in [3.63, 3.8) is 0 Å². The summed E-state index contributed by atoms with van der Waals surface area (Å²) in [5, 5.41) is 0. The molecule has 4 aromatic rings. The van der Waals surface area contributed by atoms with E-state index in [1.165, 1.54) is 24.3 Å². The number of carbonyl (C=O) groups is 1. The summed E-state index contributed by atoms with van der Waals surface area (Å²) < 4.78 is 25.0. The van der Waals surface area contributed by atoms with Crippen LogP contribution in [0.4, 0.5) is 4.39 Å². The second-order valence-electron chi connectivity index (χ2n) is 8.38. The van der Waals surface area contributed by atoms with Gasteiger partial charge in [0.15, 0.2) is 5.78 Å². The summed E-state index contributed by atoms with van der Waals surface area (Å²) in [7, 11) is 3.17. The number of halogens is 1. The summed E-state index contributed by atoms with van der Waals surface area (Å²) in [6.45, 7) is 4.01. The van der Waals surface area contributed by atoms with E-state index < -0.39 is 11.2 Å². The van der Waals surface area contributed by atoms with Crippen molar-refractivity contribution in [3.05, 3.63) is 130 Å². The highest BCUT2D eigenvalue weighted by Crippen LogP contribution is 2.46. The van der Waals surface area contributed by atoms with Crippen LogP contribution in [-0.2, 0) is 5.41 Å². The Balaban J connectivity index is 2.13. The fourth-order valence-corrected chi connectivity index (χ4v) is 4.40. The van der Waals surface area contributed by atoms with E-state index in [2.05, 4.69) is 0 Å². The highest BCUT2D eigenvalue weighted by atomic mass is 19.1. The van der Waals surface area contributed by atoms with Crippen molar-refractivity contribution in [2.24, 2.45) is 0 Å². The largest absolute Gasteiger partial charge is 0.497 e. The van der Waals surface area contributed by atoms with Crippen molar-refractivity contribution in [2.45, 2.75) is 19.3 Å². The van der Waals surface area contributed by atoms with E-state index in [4.69, 9.17) is 9.47 Å². The van der Waals surface area contributed by atoms with Gasteiger partial charge in [-0.3, -0.25) is 4.79 Å². The molecule has 0 aliphatic carbocycles. The minimum absolute atomic E-state index is 0.177. The molecule has 0 radical (unpaired) electrons. The molecule has 0 aliphatic heterocycles. The van der Waals surface area contributed by atoms with E-state index in [1.54, 1.807) is 20.3 Å². The molecule has 0 amide bonds. The van der Waals surface area contributed by atoms with Gasteiger partial charge >= 0.3 is 0 Å². The quantitative estimate of drug-likeness (QED) is 0.231. The molecule has 3 nitrogen and oxygen atoms in total. The second-order valence-corrected chi connectivity index (χ2v) is 8.38. The van der Waals surface area contributed by atoms with Gasteiger partial charge in [0.2, 0.25) is 0 Å². The fraction of sp³-hybridized carbons (Fsp3) is 0.167. The molecular weight excluding hydrogens is 427 g/mol. The lowest BCUT2D eigenvalue weighted by Gasteiger charge is -2.36. The molecule has 0 aromatic heterocycles. The number of rotatable bonds is 7. The third-order valence-electron chi connectivity index (χ3n) is 6.23. The number of aryl methyl sites for hydroxylation is 2. The van der Waals surface area contributed by atoms with Gasteiger partial charge in [-0.05, 0) is 61.4 Å². The zero-order valence-electron chi connectivity index (χ0n) is 19.8. The Hall–Kier alpha value is -3.92. The van der Waals surface area contributed by atoms with Crippen LogP contribution >= 0.6 is 0 Å². The van der Waals surface area contributed by atoms with Crippen molar-refractivity contribution in [2.75, 3.05) is 14.2 Å². The number of ketones is 1. The Morgan fingerprint density at radius 1 is 0.706 bits per heavy atom. The summed E-state index contributed by atoms with van der Waals surface area (Å²) in [6.07, 6.45) is 0. The molecule has 0 heterocycles. The van der Waals surface area contributed by atoms with Crippen molar-refractivity contribution < 1.29 is 18.7 Å². The van der Waals surface area contributed by atoms with Gasteiger partial charge in [0.05, 0.1) is 14.2 Å². The lowest BCUT2D eigenvalue weighted by Crippen LogP contribution is -2.39. The van der Waals surface area contributed by atoms with Gasteiger partial charge < -0.3 is 9.47 Å². The van der Waals surface area contributed by atoms with Gasteiger partial charge in [0, 0.05) is 17.2 Å². The number of ether oxygens (including phenoxy) is 2. The summed E-state index contributed by atoms with van der Waals surface area (Å²) in [4.78, 5) is 14.6. The number of carbonyl (C=O) groups excluding carboxylic acids is 1. The van der Waals surface area contributed by atoms with Gasteiger partial charge in [-0.1, -0.05) is 59.7 Å². The number of benzene rings is 4. The minimum atomic E-state index is -1.24. The lowest BCUT2D eigenvalue weighted by molar-refractivity contribution is 0.0933. The number of hydrogen-bond donors (Lipinski definition) is 0. The minimum Gasteiger partial charge on any atom is -0.497 e. The van der Waals surface area contributed by atoms with Crippen LogP contribution < -0.4 is 9.47 Å². The molecular formula is C30H27FO3. The summed E-state index contributed by atoms with van der Waals surface area (Å²) >= 11 is 0. The molecule has 0 saturated heterocycles. The molecule has 172 valence electrons. The molecule has 4 aromatic carbocycles. The van der Waals surface area contributed by atoms with Gasteiger partial charge in [-0.15, -0.1) is 0 Å². The lowest BCUT2D eigenvalue weighted by atomic mass is 9.64. The Morgan fingerprint density at radius 3 is 1.71 bits per heavy atom. The topological polar surface area (TPSA) is 35.5 Å². The molecule has 34 heavy (non-hydrogen) atoms. The van der Waals surface area contributed by atoms with Crippen molar-refractivity contribution in [1.82, 2.24) is 0 Å². The first kappa shape index (κ1) is 23.2. The summed E-state index contributed by atoms with van der Waals surface area (Å²) in [6, 6.07) is 27.0. The van der Waals surface area contributed by atoms with Crippen LogP contribution in [0.15, 0.2) is 91.0 Å². The van der Waals surface area contributed by atoms with E-state index >= 15 is 0 Å². The van der Waals surface area contributed by atoms with Gasteiger partial charge in [-0.25, -0.2) is 4.39 Å². The Labute approximate surface area is 199 Å². The van der Waals surface area contributed by atoms with Crippen LogP contribution in [0.5, 0.6) is 11.5 Å². The third kappa shape index (κ3) is 4.08. The zero-order chi connectivity index (χ0) is 24.3. The molecule has 0 bridgehead atoms. The SMILES string of the molecule is COc1ccc(C(C(=O)c2ccc(F)cc2)(c2ccc(C)cc2)c2ccc(C)cc2)c(OC)c1. The van der Waals surface area contributed by atoms with Crippen molar-refractivity contribution in [3.8, 4) is 11.5 Å². The van der Waals surface area contributed by atoms with E-state index in [9.17, 15) is 9.18 Å². The average Bonchev–Trinajstić information content (AvgIpc) is 2.86. The van der Waals surface area contributed by atoms with Crippen LogP contribution in [0, 0.1) is 19.7 Å². The molecule has 4 heteroatoms. The van der Waals surface area contributed by atoms with Crippen LogP contribution in [0.2, 0.25) is 0 Å². The molecule has 0 fully saturated rings. The van der Waals surface area contributed by atoms with Crippen LogP contribution in [0.25, 0.3) is 0 Å². The average molecular weight is 455 g/mol. The maximum atomic E-state index is 14.6. The predicted molar refractivity (Wildman–Crippen MR) is 133 cm³/mol. The predicted octanol–water partition coefficient (Wildman–Crippen LogP) is 6.68. The molecule has 0 aliphatic rings. The molecule has 0 atom stereocenters. The smallest absolute Gasteiger partial charge is 0.182 e. The number of Topliss-reactive ketones (excluding diaryl/α,β-unsaturated/α-hetero) is 1. The highest BCUT2D eigenvalue weighted by Gasteiger charge is 2.46. The zero-order valence-corrected chi connectivity index (χ0v) is 19.8. The first-order chi connectivity index (χ1) is 16.4. The van der Waals surface area contributed by atoms with E-state index in [0.717, 1.165) is 22.3 Å². The summed E-state index contributed by atoms with van der Waals surface area (Å²) in [5.41, 5.74) is 3.59. The number of hydrogen-bond acceptors (Lipinski definition) is 3. The molecule has 0 spiro atoms. The van der Waals surface area contributed by atoms with Crippen LogP contribution in [0.1, 0.15) is 38.2 Å². The maximum absolute atomic E-state index is 14.6. The van der Waals surface area contributed by atoms with E-state index in [-0.39, 0.29) is 5.78 Å². The van der Waals surface area contributed by atoms with Gasteiger partial charge in [0.25, 0.3) is 0 Å². The monoisotopic (exact) mass is 454 g/mol. The van der Waals surface area contributed by atoms with Gasteiger partial charge in [0.1, 0.15) is 22.7 Å². The third-order valence-corrected chi connectivity index (χ3v) is 6.23. The molecule has 0 unspecified atom stereocenters.